The summed E-state index contributed by atoms with van der Waals surface area (Å²) in [6.45, 7) is 0.432. The lowest BCUT2D eigenvalue weighted by Crippen LogP contribution is -2.16. The molecular weight excluding hydrogens is 372 g/mol. The molecule has 0 amide bonds. The van der Waals surface area contributed by atoms with E-state index < -0.39 is 6.10 Å². The number of hydrogen-bond donors (Lipinski definition) is 0. The van der Waals surface area contributed by atoms with Crippen LogP contribution in [0.15, 0.2) is 75.9 Å². The van der Waals surface area contributed by atoms with Gasteiger partial charge in [0, 0.05) is 20.3 Å². The molecular formula is C23H24O6. The fraction of sp³-hybridized carbons (Fsp3) is 0.261. The minimum absolute atomic E-state index is 0.0949. The highest BCUT2D eigenvalue weighted by Crippen LogP contribution is 2.32. The number of rotatable bonds is 10. The van der Waals surface area contributed by atoms with E-state index >= 15 is 0 Å². The van der Waals surface area contributed by atoms with Crippen LogP contribution in [-0.4, -0.2) is 21.0 Å². The Bertz CT molecular complexity index is 937. The molecule has 6 heteroatoms. The Morgan fingerprint density at radius 2 is 1.62 bits per heavy atom. The van der Waals surface area contributed by atoms with E-state index in [-0.39, 0.29) is 31.2 Å². The summed E-state index contributed by atoms with van der Waals surface area (Å²) in [5, 5.41) is 0. The quantitative estimate of drug-likeness (QED) is 0.380. The molecule has 0 aliphatic heterocycles. The molecule has 6 nitrogen and oxygen atoms in total. The Hall–Kier alpha value is -2.93. The Morgan fingerprint density at radius 3 is 2.28 bits per heavy atom. The van der Waals surface area contributed by atoms with E-state index in [0.29, 0.717) is 11.5 Å². The van der Waals surface area contributed by atoms with Crippen molar-refractivity contribution < 1.29 is 23.4 Å². The van der Waals surface area contributed by atoms with Crippen LogP contribution in [0, 0.1) is 0 Å². The first-order chi connectivity index (χ1) is 14.2. The van der Waals surface area contributed by atoms with Gasteiger partial charge in [0.2, 0.25) is 11.2 Å². The molecule has 29 heavy (non-hydrogen) atoms. The summed E-state index contributed by atoms with van der Waals surface area (Å²) in [6, 6.07) is 20.5. The maximum Gasteiger partial charge on any atom is 0.227 e. The van der Waals surface area contributed by atoms with Crippen molar-refractivity contribution in [3.05, 3.63) is 99.6 Å². The fourth-order valence-electron chi connectivity index (χ4n) is 2.91. The molecule has 0 bridgehead atoms. The van der Waals surface area contributed by atoms with Crippen molar-refractivity contribution in [3.63, 3.8) is 0 Å². The zero-order chi connectivity index (χ0) is 20.5. The van der Waals surface area contributed by atoms with Crippen LogP contribution in [0.2, 0.25) is 0 Å². The third-order valence-electron chi connectivity index (χ3n) is 4.23. The van der Waals surface area contributed by atoms with Crippen LogP contribution in [0.1, 0.15) is 28.8 Å². The highest BCUT2D eigenvalue weighted by Gasteiger charge is 2.25. The summed E-state index contributed by atoms with van der Waals surface area (Å²) in [5.74, 6) is 0.797. The van der Waals surface area contributed by atoms with Crippen molar-refractivity contribution in [3.8, 4) is 5.75 Å². The van der Waals surface area contributed by atoms with Crippen molar-refractivity contribution in [2.24, 2.45) is 0 Å². The fourth-order valence-corrected chi connectivity index (χ4v) is 2.91. The van der Waals surface area contributed by atoms with Gasteiger partial charge in [-0.2, -0.15) is 0 Å². The van der Waals surface area contributed by atoms with E-state index in [1.54, 1.807) is 7.11 Å². The molecule has 0 radical (unpaired) electrons. The van der Waals surface area contributed by atoms with Crippen LogP contribution >= 0.6 is 0 Å². The van der Waals surface area contributed by atoms with Gasteiger partial charge >= 0.3 is 0 Å². The molecule has 1 heterocycles. The van der Waals surface area contributed by atoms with Crippen molar-refractivity contribution in [2.75, 3.05) is 21.0 Å². The van der Waals surface area contributed by atoms with Crippen LogP contribution in [0.25, 0.3) is 0 Å². The van der Waals surface area contributed by atoms with Crippen LogP contribution in [-0.2, 0) is 27.4 Å². The molecule has 2 aromatic carbocycles. The molecule has 3 rings (SSSR count). The van der Waals surface area contributed by atoms with E-state index in [2.05, 4.69) is 0 Å². The van der Waals surface area contributed by atoms with Crippen molar-refractivity contribution in [2.45, 2.75) is 19.3 Å². The SMILES string of the molecule is COCOCc1cc(=O)c(OCc2ccccc2)c(C(OC)c2ccccc2)o1. The van der Waals surface area contributed by atoms with Crippen molar-refractivity contribution in [1.29, 1.82) is 0 Å². The monoisotopic (exact) mass is 396 g/mol. The predicted molar refractivity (Wildman–Crippen MR) is 108 cm³/mol. The first-order valence-corrected chi connectivity index (χ1v) is 9.21. The van der Waals surface area contributed by atoms with Crippen LogP contribution < -0.4 is 10.2 Å². The molecule has 0 aliphatic rings. The predicted octanol–water partition coefficient (Wildman–Crippen LogP) is 4.08. The molecule has 1 aromatic heterocycles. The Labute approximate surface area is 169 Å². The van der Waals surface area contributed by atoms with Gasteiger partial charge in [0.25, 0.3) is 0 Å². The lowest BCUT2D eigenvalue weighted by atomic mass is 10.1. The van der Waals surface area contributed by atoms with Gasteiger partial charge in [-0.25, -0.2) is 0 Å². The third kappa shape index (κ3) is 5.54. The lowest BCUT2D eigenvalue weighted by molar-refractivity contribution is -0.0454. The average molecular weight is 396 g/mol. The normalized spacial score (nSPS) is 11.9. The van der Waals surface area contributed by atoms with Gasteiger partial charge in [0.15, 0.2) is 5.76 Å². The van der Waals surface area contributed by atoms with Gasteiger partial charge in [-0.3, -0.25) is 4.79 Å². The number of ether oxygens (including phenoxy) is 4. The second-order valence-corrected chi connectivity index (χ2v) is 6.33. The third-order valence-corrected chi connectivity index (χ3v) is 4.23. The summed E-state index contributed by atoms with van der Waals surface area (Å²) in [5.41, 5.74) is 1.49. The van der Waals surface area contributed by atoms with E-state index in [9.17, 15) is 4.79 Å². The Kier molecular flexibility index (Phi) is 7.58. The zero-order valence-electron chi connectivity index (χ0n) is 16.5. The summed E-state index contributed by atoms with van der Waals surface area (Å²) >= 11 is 0. The number of benzene rings is 2. The molecule has 1 atom stereocenters. The van der Waals surface area contributed by atoms with Crippen LogP contribution in [0.3, 0.4) is 0 Å². The highest BCUT2D eigenvalue weighted by atomic mass is 16.7. The molecule has 0 saturated carbocycles. The van der Waals surface area contributed by atoms with Crippen LogP contribution in [0.5, 0.6) is 5.75 Å². The molecule has 1 unspecified atom stereocenters. The summed E-state index contributed by atoms with van der Waals surface area (Å²) in [6.07, 6.45) is -0.600. The Balaban J connectivity index is 1.97. The molecule has 0 N–H and O–H groups in total. The molecule has 0 aliphatic carbocycles. The van der Waals surface area contributed by atoms with Gasteiger partial charge in [0.1, 0.15) is 31.9 Å². The number of methoxy groups -OCH3 is 2. The molecule has 0 spiro atoms. The van der Waals surface area contributed by atoms with E-state index in [0.717, 1.165) is 11.1 Å². The largest absolute Gasteiger partial charge is 0.482 e. The summed E-state index contributed by atoms with van der Waals surface area (Å²) in [4.78, 5) is 12.8. The highest BCUT2D eigenvalue weighted by molar-refractivity contribution is 5.35. The zero-order valence-corrected chi connectivity index (χ0v) is 16.5. The smallest absolute Gasteiger partial charge is 0.227 e. The maximum absolute atomic E-state index is 12.8. The van der Waals surface area contributed by atoms with Crippen molar-refractivity contribution >= 4 is 0 Å². The second-order valence-electron chi connectivity index (χ2n) is 6.33. The number of hydrogen-bond acceptors (Lipinski definition) is 6. The van der Waals surface area contributed by atoms with E-state index in [4.69, 9.17) is 23.4 Å². The average Bonchev–Trinajstić information content (AvgIpc) is 2.75. The molecule has 0 saturated heterocycles. The Morgan fingerprint density at radius 1 is 0.931 bits per heavy atom. The minimum Gasteiger partial charge on any atom is -0.482 e. The van der Waals surface area contributed by atoms with Gasteiger partial charge in [-0.05, 0) is 11.1 Å². The topological polar surface area (TPSA) is 67.1 Å². The minimum atomic E-state index is -0.600. The lowest BCUT2D eigenvalue weighted by Gasteiger charge is -2.19. The van der Waals surface area contributed by atoms with Gasteiger partial charge < -0.3 is 23.4 Å². The first kappa shape index (κ1) is 20.8. The standard InChI is InChI=1S/C23H24O6/c1-25-16-27-15-19-13-20(24)22(28-14-17-9-5-3-6-10-17)23(29-19)21(26-2)18-11-7-4-8-12-18/h3-13,21H,14-16H2,1-2H3. The van der Waals surface area contributed by atoms with E-state index in [1.807, 2.05) is 60.7 Å². The summed E-state index contributed by atoms with van der Waals surface area (Å²) < 4.78 is 27.8. The second kappa shape index (κ2) is 10.6. The van der Waals surface area contributed by atoms with E-state index in [1.165, 1.54) is 13.2 Å². The molecule has 152 valence electrons. The first-order valence-electron chi connectivity index (χ1n) is 9.21. The maximum atomic E-state index is 12.8. The summed E-state index contributed by atoms with van der Waals surface area (Å²) in [7, 11) is 3.09. The van der Waals surface area contributed by atoms with Gasteiger partial charge in [0.05, 0.1) is 0 Å². The van der Waals surface area contributed by atoms with Crippen molar-refractivity contribution in [1.82, 2.24) is 0 Å². The van der Waals surface area contributed by atoms with Crippen LogP contribution in [0.4, 0.5) is 0 Å². The van der Waals surface area contributed by atoms with Gasteiger partial charge in [-0.1, -0.05) is 60.7 Å². The molecule has 3 aromatic rings. The van der Waals surface area contributed by atoms with Gasteiger partial charge in [-0.15, -0.1) is 0 Å². The molecule has 0 fully saturated rings.